The number of benzene rings is 2. The lowest BCUT2D eigenvalue weighted by atomic mass is 10.0. The fourth-order valence-corrected chi connectivity index (χ4v) is 7.29. The Morgan fingerprint density at radius 3 is 2.55 bits per heavy atom. The zero-order valence-corrected chi connectivity index (χ0v) is 31.2. The number of nitrogens with zero attached hydrogens (tertiary/aromatic N) is 5. The highest BCUT2D eigenvalue weighted by Gasteiger charge is 2.39. The smallest absolute Gasteiger partial charge is 0.329 e. The third kappa shape index (κ3) is 8.10. The van der Waals surface area contributed by atoms with Gasteiger partial charge in [-0.2, -0.15) is 0 Å². The first kappa shape index (κ1) is 37.3. The van der Waals surface area contributed by atoms with Gasteiger partial charge in [-0.1, -0.05) is 50.5 Å². The van der Waals surface area contributed by atoms with Crippen LogP contribution in [0.5, 0.6) is 0 Å². The molecule has 2 aliphatic rings. The number of aromatic nitrogens is 5. The number of allylic oxidation sites excluding steroid dienone is 1. The number of carbonyl (C=O) groups excluding carboxylic acids is 3. The van der Waals surface area contributed by atoms with Crippen LogP contribution < -0.4 is 32.3 Å². The molecule has 2 aromatic carbocycles. The van der Waals surface area contributed by atoms with Crippen LogP contribution in [0.15, 0.2) is 71.8 Å². The van der Waals surface area contributed by atoms with Crippen LogP contribution in [0, 0.1) is 0 Å². The quantitative estimate of drug-likeness (QED) is 0.0849. The Balaban J connectivity index is 0.856. The van der Waals surface area contributed by atoms with Crippen molar-refractivity contribution in [1.82, 2.24) is 39.7 Å². The molecular weight excluding hydrogens is 704 g/mol. The number of carbonyl (C=O) groups is 3. The molecule has 2 fully saturated rings. The maximum absolute atomic E-state index is 13.4. The molecule has 288 valence electrons. The topological polar surface area (TPSA) is 168 Å². The summed E-state index contributed by atoms with van der Waals surface area (Å²) in [6, 6.07) is 13.8. The van der Waals surface area contributed by atoms with Crippen molar-refractivity contribution in [2.45, 2.75) is 82.5 Å². The van der Waals surface area contributed by atoms with Gasteiger partial charge in [-0.05, 0) is 61.9 Å². The van der Waals surface area contributed by atoms with Crippen molar-refractivity contribution >= 4 is 51.6 Å². The maximum Gasteiger partial charge on any atom is 0.329 e. The van der Waals surface area contributed by atoms with Crippen LogP contribution in [0.4, 0.5) is 21.6 Å². The Labute approximate surface area is 317 Å². The minimum Gasteiger partial charge on any atom is -0.385 e. The second-order valence-corrected chi connectivity index (χ2v) is 14.4. The van der Waals surface area contributed by atoms with E-state index >= 15 is 0 Å². The van der Waals surface area contributed by atoms with Gasteiger partial charge < -0.3 is 26.6 Å². The van der Waals surface area contributed by atoms with Crippen molar-refractivity contribution < 1.29 is 18.8 Å². The van der Waals surface area contributed by atoms with Crippen molar-refractivity contribution in [3.8, 4) is 0 Å². The third-order valence-corrected chi connectivity index (χ3v) is 10.4. The lowest BCUT2D eigenvalue weighted by Crippen LogP contribution is -2.40. The SMILES string of the molecule is C=C1CCC(n2c(=O)n(C)c3c(CCCCCCCCNC(=O)c4cccc(Nc5cc(NC)c6ncc(C(=O)N[C@@H]7C[C@@H]7F)n6n5)c4)cccc32)C(=O)N1. The molecule has 1 aliphatic heterocycles. The number of piperidine rings is 1. The van der Waals surface area contributed by atoms with E-state index in [0.29, 0.717) is 59.9 Å². The number of imidazole rings is 2. The lowest BCUT2D eigenvalue weighted by molar-refractivity contribution is -0.124. The highest BCUT2D eigenvalue weighted by molar-refractivity contribution is 5.96. The second kappa shape index (κ2) is 16.2. The standard InChI is InChI=1S/C40H47FN10O4/c1-24-17-18-32(38(53)45-24)50-31-16-11-13-25(35(31)49(3)40(50)55)12-8-6-4-5-7-9-19-43-37(52)26-14-10-15-27(20-26)46-34-22-30(42-2)36-44-23-33(51(36)48-34)39(54)47-29-21-28(29)41/h10-11,13-16,20,22-23,28-29,32,42H,1,4-9,12,17-19,21H2,2-3H3,(H,43,52)(H,45,53)(H,46,48)(H,47,54)/t28-,29+,32?/m0/s1. The van der Waals surface area contributed by atoms with E-state index in [-0.39, 0.29) is 23.2 Å². The summed E-state index contributed by atoms with van der Waals surface area (Å²) >= 11 is 0. The molecule has 5 N–H and O–H groups in total. The van der Waals surface area contributed by atoms with E-state index in [9.17, 15) is 23.6 Å². The normalized spacial score (nSPS) is 18.0. The van der Waals surface area contributed by atoms with E-state index < -0.39 is 24.2 Å². The number of nitrogens with one attached hydrogen (secondary N) is 5. The number of hydrogen-bond acceptors (Lipinski definition) is 8. The van der Waals surface area contributed by atoms with Gasteiger partial charge >= 0.3 is 5.69 Å². The van der Waals surface area contributed by atoms with Gasteiger partial charge in [0.15, 0.2) is 17.2 Å². The van der Waals surface area contributed by atoms with Crippen molar-refractivity contribution in [3.05, 3.63) is 94.3 Å². The maximum atomic E-state index is 13.4. The van der Waals surface area contributed by atoms with Crippen LogP contribution >= 0.6 is 0 Å². The molecule has 14 nitrogen and oxygen atoms in total. The van der Waals surface area contributed by atoms with E-state index in [0.717, 1.165) is 61.5 Å². The molecule has 3 atom stereocenters. The summed E-state index contributed by atoms with van der Waals surface area (Å²) < 4.78 is 18.1. The zero-order chi connectivity index (χ0) is 38.6. The molecule has 1 unspecified atom stereocenters. The average Bonchev–Trinajstić information content (AvgIpc) is 3.58. The Kier molecular flexibility index (Phi) is 11.0. The molecule has 15 heteroatoms. The minimum atomic E-state index is -1.02. The van der Waals surface area contributed by atoms with Crippen LogP contribution in [0.25, 0.3) is 16.7 Å². The van der Waals surface area contributed by atoms with Crippen LogP contribution in [-0.2, 0) is 18.3 Å². The summed E-state index contributed by atoms with van der Waals surface area (Å²) in [5.41, 5.74) is 5.73. The molecule has 1 saturated heterocycles. The van der Waals surface area contributed by atoms with Gasteiger partial charge in [-0.3, -0.25) is 23.5 Å². The highest BCUT2D eigenvalue weighted by Crippen LogP contribution is 2.29. The number of anilines is 3. The monoisotopic (exact) mass is 750 g/mol. The Morgan fingerprint density at radius 1 is 1.02 bits per heavy atom. The summed E-state index contributed by atoms with van der Waals surface area (Å²) in [7, 11) is 3.52. The highest BCUT2D eigenvalue weighted by atomic mass is 19.1. The average molecular weight is 751 g/mol. The van der Waals surface area contributed by atoms with Gasteiger partial charge in [-0.15, -0.1) is 5.10 Å². The third-order valence-electron chi connectivity index (χ3n) is 10.4. The van der Waals surface area contributed by atoms with Crippen molar-refractivity contribution in [2.24, 2.45) is 7.05 Å². The number of rotatable bonds is 16. The van der Waals surface area contributed by atoms with E-state index in [4.69, 9.17) is 0 Å². The Hall–Kier alpha value is -5.99. The van der Waals surface area contributed by atoms with Crippen molar-refractivity contribution in [1.29, 1.82) is 0 Å². The van der Waals surface area contributed by atoms with Gasteiger partial charge in [-0.25, -0.2) is 18.7 Å². The first-order valence-electron chi connectivity index (χ1n) is 19.0. The molecule has 0 spiro atoms. The number of amides is 3. The van der Waals surface area contributed by atoms with Crippen LogP contribution in [0.1, 0.15) is 90.2 Å². The van der Waals surface area contributed by atoms with Crippen LogP contribution in [0.2, 0.25) is 0 Å². The number of hydrogen-bond donors (Lipinski definition) is 5. The number of halogens is 1. The Bertz CT molecular complexity index is 2330. The van der Waals surface area contributed by atoms with Gasteiger partial charge in [0.1, 0.15) is 12.2 Å². The van der Waals surface area contributed by atoms with E-state index in [1.54, 1.807) is 47.5 Å². The molecule has 1 saturated carbocycles. The molecule has 7 rings (SSSR count). The Morgan fingerprint density at radius 2 is 1.78 bits per heavy atom. The summed E-state index contributed by atoms with van der Waals surface area (Å²) in [5.74, 6) is -0.381. The van der Waals surface area contributed by atoms with Crippen molar-refractivity contribution in [3.63, 3.8) is 0 Å². The molecule has 3 aromatic heterocycles. The molecule has 55 heavy (non-hydrogen) atoms. The number of aryl methyl sites for hydroxylation is 2. The summed E-state index contributed by atoms with van der Waals surface area (Å²) in [4.78, 5) is 56.0. The number of para-hydroxylation sites is 1. The number of unbranched alkanes of at least 4 members (excludes halogenated alkanes) is 5. The van der Waals surface area contributed by atoms with Gasteiger partial charge in [0.2, 0.25) is 5.91 Å². The minimum absolute atomic E-state index is 0.172. The van der Waals surface area contributed by atoms with Gasteiger partial charge in [0.25, 0.3) is 11.8 Å². The van der Waals surface area contributed by atoms with Gasteiger partial charge in [0, 0.05) is 50.1 Å². The molecule has 4 heterocycles. The number of alkyl halides is 1. The first-order chi connectivity index (χ1) is 26.6. The van der Waals surface area contributed by atoms with Crippen molar-refractivity contribution in [2.75, 3.05) is 24.2 Å². The van der Waals surface area contributed by atoms with E-state index in [2.05, 4.69) is 49.3 Å². The predicted molar refractivity (Wildman–Crippen MR) is 209 cm³/mol. The molecule has 0 bridgehead atoms. The molecule has 3 amide bonds. The predicted octanol–water partition coefficient (Wildman–Crippen LogP) is 5.29. The molecule has 1 aliphatic carbocycles. The molecule has 0 radical (unpaired) electrons. The fourth-order valence-electron chi connectivity index (χ4n) is 7.29. The van der Waals surface area contributed by atoms with E-state index in [1.165, 1.54) is 10.7 Å². The number of fused-ring (bicyclic) bond motifs is 2. The largest absolute Gasteiger partial charge is 0.385 e. The fraction of sp³-hybridized carbons (Fsp3) is 0.400. The summed E-state index contributed by atoms with van der Waals surface area (Å²) in [6.07, 6.45) is 8.78. The zero-order valence-electron chi connectivity index (χ0n) is 31.2. The van der Waals surface area contributed by atoms with E-state index in [1.807, 2.05) is 18.2 Å². The lowest BCUT2D eigenvalue weighted by Gasteiger charge is -2.24. The summed E-state index contributed by atoms with van der Waals surface area (Å²) in [6.45, 7) is 4.42. The molecular formula is C40H47FN10O4. The van der Waals surface area contributed by atoms with Gasteiger partial charge in [0.05, 0.1) is 29.0 Å². The molecule has 5 aromatic rings. The van der Waals surface area contributed by atoms with Crippen LogP contribution in [0.3, 0.4) is 0 Å². The van der Waals surface area contributed by atoms with Crippen LogP contribution in [-0.4, -0.2) is 67.3 Å². The first-order valence-corrected chi connectivity index (χ1v) is 19.0. The second-order valence-electron chi connectivity index (χ2n) is 14.4. The summed E-state index contributed by atoms with van der Waals surface area (Å²) in [5, 5.41) is 19.3.